The van der Waals surface area contributed by atoms with Crippen LogP contribution < -0.4 is 5.32 Å². The lowest BCUT2D eigenvalue weighted by Gasteiger charge is -2.21. The van der Waals surface area contributed by atoms with Gasteiger partial charge in [-0.1, -0.05) is 13.8 Å². The van der Waals surface area contributed by atoms with E-state index in [1.165, 1.54) is 5.56 Å². The van der Waals surface area contributed by atoms with Gasteiger partial charge in [0.1, 0.15) is 5.82 Å². The summed E-state index contributed by atoms with van der Waals surface area (Å²) in [5.74, 6) is 1.59. The van der Waals surface area contributed by atoms with Crippen LogP contribution in [0.25, 0.3) is 0 Å². The average Bonchev–Trinajstić information content (AvgIpc) is 3.04. The van der Waals surface area contributed by atoms with Crippen LogP contribution in [0.5, 0.6) is 0 Å². The van der Waals surface area contributed by atoms with Crippen LogP contribution in [-0.4, -0.2) is 59.5 Å². The highest BCUT2D eigenvalue weighted by molar-refractivity contribution is 5.99. The molecule has 0 unspecified atom stereocenters. The van der Waals surface area contributed by atoms with Crippen LogP contribution in [0, 0.1) is 5.92 Å². The van der Waals surface area contributed by atoms with E-state index in [0.717, 1.165) is 75.5 Å². The van der Waals surface area contributed by atoms with Gasteiger partial charge < -0.3 is 15.1 Å². The van der Waals surface area contributed by atoms with E-state index in [1.54, 1.807) is 0 Å². The Morgan fingerprint density at radius 3 is 2.46 bits per heavy atom. The maximum Gasteiger partial charge on any atom is 0.257 e. The van der Waals surface area contributed by atoms with Crippen molar-refractivity contribution in [3.63, 3.8) is 0 Å². The summed E-state index contributed by atoms with van der Waals surface area (Å²) in [6.45, 7) is 13.7. The zero-order valence-electron chi connectivity index (χ0n) is 16.8. The highest BCUT2D eigenvalue weighted by Gasteiger charge is 2.26. The predicted molar refractivity (Wildman–Crippen MR) is 107 cm³/mol. The summed E-state index contributed by atoms with van der Waals surface area (Å²) in [6, 6.07) is 2.39. The number of likely N-dealkylation sites (tertiary alicyclic amines) is 1. The molecule has 1 amide bonds. The Hall–Kier alpha value is -1.62. The van der Waals surface area contributed by atoms with E-state index in [4.69, 9.17) is 4.98 Å². The van der Waals surface area contributed by atoms with Crippen LogP contribution in [0.4, 0.5) is 5.82 Å². The lowest BCUT2D eigenvalue weighted by molar-refractivity contribution is 0.0793. The van der Waals surface area contributed by atoms with Crippen molar-refractivity contribution < 1.29 is 4.79 Å². The number of rotatable bonds is 5. The molecule has 3 heterocycles. The van der Waals surface area contributed by atoms with Crippen LogP contribution in [0.3, 0.4) is 0 Å². The van der Waals surface area contributed by atoms with Gasteiger partial charge in [-0.3, -0.25) is 4.79 Å². The lowest BCUT2D eigenvalue weighted by atomic mass is 10.0. The second-order valence-electron chi connectivity index (χ2n) is 8.48. The zero-order chi connectivity index (χ0) is 18.7. The van der Waals surface area contributed by atoms with Gasteiger partial charge in [0.05, 0.1) is 5.56 Å². The molecule has 3 rings (SSSR count). The number of aromatic nitrogens is 1. The summed E-state index contributed by atoms with van der Waals surface area (Å²) in [7, 11) is 0. The minimum Gasteiger partial charge on any atom is -0.367 e. The van der Waals surface area contributed by atoms with E-state index in [0.29, 0.717) is 5.92 Å². The third kappa shape index (κ3) is 4.56. The molecule has 2 aliphatic heterocycles. The Bertz CT molecular complexity index is 635. The number of amides is 1. The first kappa shape index (κ1) is 19.2. The molecule has 5 nitrogen and oxygen atoms in total. The normalized spacial score (nSPS) is 18.3. The molecule has 0 aliphatic carbocycles. The summed E-state index contributed by atoms with van der Waals surface area (Å²) in [6.07, 6.45) is 4.17. The Labute approximate surface area is 158 Å². The molecule has 0 spiro atoms. The average molecular weight is 359 g/mol. The van der Waals surface area contributed by atoms with Gasteiger partial charge >= 0.3 is 0 Å². The van der Waals surface area contributed by atoms with Crippen LogP contribution in [0.1, 0.15) is 62.2 Å². The molecule has 1 N–H and O–H groups in total. The number of anilines is 1. The van der Waals surface area contributed by atoms with Gasteiger partial charge in [-0.25, -0.2) is 4.98 Å². The summed E-state index contributed by atoms with van der Waals surface area (Å²) >= 11 is 0. The summed E-state index contributed by atoms with van der Waals surface area (Å²) < 4.78 is 0. The van der Waals surface area contributed by atoms with Gasteiger partial charge in [0.15, 0.2) is 0 Å². The van der Waals surface area contributed by atoms with Crippen molar-refractivity contribution in [2.24, 2.45) is 5.92 Å². The van der Waals surface area contributed by atoms with Crippen molar-refractivity contribution in [3.05, 3.63) is 22.9 Å². The molecule has 1 aromatic rings. The topological polar surface area (TPSA) is 48.5 Å². The van der Waals surface area contributed by atoms with E-state index in [-0.39, 0.29) is 11.9 Å². The maximum atomic E-state index is 13.1. The number of hydrogen-bond donors (Lipinski definition) is 1. The molecule has 0 atom stereocenters. The Kier molecular flexibility index (Phi) is 6.17. The standard InChI is InChI=1S/C21H34N4O/c1-15(2)14-24-11-7-17-13-18(21(26)25-9-5-6-10-25)20(22-16(3)4)23-19(17)8-12-24/h13,15-16H,5-12,14H2,1-4H3,(H,22,23). The van der Waals surface area contributed by atoms with Crippen molar-refractivity contribution in [2.45, 2.75) is 59.4 Å². The first-order valence-corrected chi connectivity index (χ1v) is 10.2. The Morgan fingerprint density at radius 1 is 1.12 bits per heavy atom. The molecule has 5 heteroatoms. The minimum atomic E-state index is 0.143. The fourth-order valence-electron chi connectivity index (χ4n) is 4.02. The number of carbonyl (C=O) groups excluding carboxylic acids is 1. The lowest BCUT2D eigenvalue weighted by Crippen LogP contribution is -2.30. The van der Waals surface area contributed by atoms with Gasteiger partial charge in [-0.15, -0.1) is 0 Å². The first-order valence-electron chi connectivity index (χ1n) is 10.2. The SMILES string of the molecule is CC(C)CN1CCc2cc(C(=O)N3CCCC3)c(NC(C)C)nc2CC1. The van der Waals surface area contributed by atoms with Crippen molar-refractivity contribution >= 4 is 11.7 Å². The highest BCUT2D eigenvalue weighted by Crippen LogP contribution is 2.25. The monoisotopic (exact) mass is 358 g/mol. The van der Waals surface area contributed by atoms with Gasteiger partial charge in [-0.05, 0) is 50.7 Å². The fourth-order valence-corrected chi connectivity index (χ4v) is 4.02. The van der Waals surface area contributed by atoms with Crippen LogP contribution in [-0.2, 0) is 12.8 Å². The third-order valence-electron chi connectivity index (χ3n) is 5.23. The molecule has 0 saturated carbocycles. The molecule has 2 aliphatic rings. The summed E-state index contributed by atoms with van der Waals surface area (Å²) in [4.78, 5) is 22.5. The number of fused-ring (bicyclic) bond motifs is 1. The number of carbonyl (C=O) groups is 1. The number of nitrogens with one attached hydrogen (secondary N) is 1. The largest absolute Gasteiger partial charge is 0.367 e. The Balaban J connectivity index is 1.87. The third-order valence-corrected chi connectivity index (χ3v) is 5.23. The molecule has 144 valence electrons. The van der Waals surface area contributed by atoms with E-state index < -0.39 is 0 Å². The molecule has 0 bridgehead atoms. The van der Waals surface area contributed by atoms with E-state index >= 15 is 0 Å². The molecule has 26 heavy (non-hydrogen) atoms. The second-order valence-corrected chi connectivity index (χ2v) is 8.48. The molecule has 0 aromatic carbocycles. The van der Waals surface area contributed by atoms with Gasteiger partial charge in [0.25, 0.3) is 5.91 Å². The van der Waals surface area contributed by atoms with E-state index in [9.17, 15) is 4.79 Å². The first-order chi connectivity index (χ1) is 12.4. The summed E-state index contributed by atoms with van der Waals surface area (Å²) in [5.41, 5.74) is 3.18. The molecule has 1 aromatic heterocycles. The highest BCUT2D eigenvalue weighted by atomic mass is 16.2. The van der Waals surface area contributed by atoms with Crippen LogP contribution in [0.2, 0.25) is 0 Å². The maximum absolute atomic E-state index is 13.1. The number of pyridine rings is 1. The summed E-state index contributed by atoms with van der Waals surface area (Å²) in [5, 5.41) is 3.42. The van der Waals surface area contributed by atoms with Crippen molar-refractivity contribution in [1.82, 2.24) is 14.8 Å². The molecular weight excluding hydrogens is 324 g/mol. The smallest absolute Gasteiger partial charge is 0.257 e. The molecule has 1 saturated heterocycles. The zero-order valence-corrected chi connectivity index (χ0v) is 16.8. The Morgan fingerprint density at radius 2 is 1.81 bits per heavy atom. The van der Waals surface area contributed by atoms with Gasteiger partial charge in [-0.2, -0.15) is 0 Å². The number of hydrogen-bond acceptors (Lipinski definition) is 4. The van der Waals surface area contributed by atoms with Gasteiger partial charge in [0.2, 0.25) is 0 Å². The number of nitrogens with zero attached hydrogens (tertiary/aromatic N) is 3. The van der Waals surface area contributed by atoms with Crippen LogP contribution >= 0.6 is 0 Å². The van der Waals surface area contributed by atoms with Gasteiger partial charge in [0, 0.05) is 50.9 Å². The van der Waals surface area contributed by atoms with Crippen molar-refractivity contribution in [3.8, 4) is 0 Å². The minimum absolute atomic E-state index is 0.143. The van der Waals surface area contributed by atoms with E-state index in [2.05, 4.69) is 44.0 Å². The fraction of sp³-hybridized carbons (Fsp3) is 0.714. The quantitative estimate of drug-likeness (QED) is 0.878. The molecule has 1 fully saturated rings. The van der Waals surface area contributed by atoms with E-state index in [1.807, 2.05) is 4.90 Å². The molecule has 0 radical (unpaired) electrons. The van der Waals surface area contributed by atoms with Crippen molar-refractivity contribution in [2.75, 3.05) is 38.0 Å². The second kappa shape index (κ2) is 8.38. The van der Waals surface area contributed by atoms with Crippen LogP contribution in [0.15, 0.2) is 6.07 Å². The van der Waals surface area contributed by atoms with Crippen molar-refractivity contribution in [1.29, 1.82) is 0 Å². The predicted octanol–water partition coefficient (Wildman–Crippen LogP) is 3.19. The molecular formula is C21H34N4O.